The fraction of sp³-hybridized carbons (Fsp3) is 0.800. The molecule has 1 aliphatic rings. The van der Waals surface area contributed by atoms with Crippen LogP contribution in [0.15, 0.2) is 12.7 Å². The molecule has 1 aromatic heterocycles. The molecule has 1 saturated carbocycles. The van der Waals surface area contributed by atoms with Gasteiger partial charge in [-0.25, -0.2) is 9.67 Å². The zero-order chi connectivity index (χ0) is 10.0. The third-order valence-electron chi connectivity index (χ3n) is 3.13. The molecule has 1 N–H and O–H groups in total. The molecular formula is C10H17N3O. The van der Waals surface area contributed by atoms with E-state index >= 15 is 0 Å². The largest absolute Gasteiger partial charge is 0.388 e. The van der Waals surface area contributed by atoms with Crippen LogP contribution in [0.1, 0.15) is 45.1 Å². The average Bonchev–Trinajstić information content (AvgIpc) is 2.57. The average molecular weight is 195 g/mol. The summed E-state index contributed by atoms with van der Waals surface area (Å²) < 4.78 is 1.80. The molecule has 0 aliphatic heterocycles. The van der Waals surface area contributed by atoms with Crippen molar-refractivity contribution in [3.05, 3.63) is 12.7 Å². The van der Waals surface area contributed by atoms with Gasteiger partial charge in [-0.2, -0.15) is 5.10 Å². The summed E-state index contributed by atoms with van der Waals surface area (Å²) in [6, 6.07) is 0.0903. The molecule has 2 unspecified atom stereocenters. The third kappa shape index (κ3) is 1.80. The van der Waals surface area contributed by atoms with Crippen molar-refractivity contribution in [2.75, 3.05) is 0 Å². The maximum atomic E-state index is 10.3. The van der Waals surface area contributed by atoms with Crippen molar-refractivity contribution in [3.8, 4) is 0 Å². The van der Waals surface area contributed by atoms with E-state index in [1.165, 1.54) is 19.2 Å². The highest BCUT2D eigenvalue weighted by atomic mass is 16.3. The lowest BCUT2D eigenvalue weighted by Crippen LogP contribution is -2.35. The number of aromatic nitrogens is 3. The van der Waals surface area contributed by atoms with Crippen molar-refractivity contribution in [2.24, 2.45) is 0 Å². The Kier molecular flexibility index (Phi) is 2.54. The second-order valence-electron chi connectivity index (χ2n) is 4.35. The highest BCUT2D eigenvalue weighted by Gasteiger charge is 2.34. The van der Waals surface area contributed by atoms with Crippen LogP contribution in [0, 0.1) is 0 Å². The quantitative estimate of drug-likeness (QED) is 0.691. The lowest BCUT2D eigenvalue weighted by molar-refractivity contribution is -0.00558. The first kappa shape index (κ1) is 9.65. The first-order valence-corrected chi connectivity index (χ1v) is 5.27. The van der Waals surface area contributed by atoms with E-state index in [2.05, 4.69) is 10.1 Å². The molecule has 0 aromatic carbocycles. The summed E-state index contributed by atoms with van der Waals surface area (Å²) in [6.07, 6.45) is 8.57. The first-order valence-electron chi connectivity index (χ1n) is 5.27. The van der Waals surface area contributed by atoms with Gasteiger partial charge in [0.25, 0.3) is 0 Å². The van der Waals surface area contributed by atoms with Gasteiger partial charge in [0.05, 0.1) is 11.6 Å². The van der Waals surface area contributed by atoms with E-state index in [4.69, 9.17) is 0 Å². The minimum absolute atomic E-state index is 0.0903. The van der Waals surface area contributed by atoms with E-state index in [0.29, 0.717) is 0 Å². The summed E-state index contributed by atoms with van der Waals surface area (Å²) in [5.41, 5.74) is -0.635. The Balaban J connectivity index is 2.22. The Hall–Kier alpha value is -0.900. The molecule has 1 heterocycles. The smallest absolute Gasteiger partial charge is 0.137 e. The zero-order valence-corrected chi connectivity index (χ0v) is 8.56. The molecule has 0 spiro atoms. The van der Waals surface area contributed by atoms with Crippen molar-refractivity contribution < 1.29 is 5.11 Å². The molecule has 0 saturated heterocycles. The Bertz CT molecular complexity index is 282. The van der Waals surface area contributed by atoms with Crippen LogP contribution in [0.5, 0.6) is 0 Å². The number of nitrogens with zero attached hydrogens (tertiary/aromatic N) is 3. The molecule has 0 amide bonds. The van der Waals surface area contributed by atoms with Gasteiger partial charge in [-0.1, -0.05) is 19.3 Å². The first-order chi connectivity index (χ1) is 6.70. The van der Waals surface area contributed by atoms with E-state index in [1.807, 2.05) is 6.92 Å². The molecular weight excluding hydrogens is 178 g/mol. The van der Waals surface area contributed by atoms with Crippen LogP contribution >= 0.6 is 0 Å². The topological polar surface area (TPSA) is 50.9 Å². The van der Waals surface area contributed by atoms with Gasteiger partial charge < -0.3 is 5.11 Å². The van der Waals surface area contributed by atoms with Crippen molar-refractivity contribution >= 4 is 0 Å². The second kappa shape index (κ2) is 3.69. The minimum Gasteiger partial charge on any atom is -0.388 e. The lowest BCUT2D eigenvalue weighted by atomic mass is 9.92. The van der Waals surface area contributed by atoms with Crippen LogP contribution in [-0.2, 0) is 0 Å². The van der Waals surface area contributed by atoms with Crippen molar-refractivity contribution in [1.82, 2.24) is 14.8 Å². The van der Waals surface area contributed by atoms with Crippen LogP contribution in [0.4, 0.5) is 0 Å². The van der Waals surface area contributed by atoms with Crippen LogP contribution < -0.4 is 0 Å². The number of rotatable bonds is 1. The van der Waals surface area contributed by atoms with E-state index in [0.717, 1.165) is 19.3 Å². The van der Waals surface area contributed by atoms with Crippen LogP contribution in [0.25, 0.3) is 0 Å². The molecule has 1 aromatic rings. The number of hydrogen-bond donors (Lipinski definition) is 1. The van der Waals surface area contributed by atoms with E-state index in [1.54, 1.807) is 11.0 Å². The predicted octanol–water partition coefficient (Wildman–Crippen LogP) is 1.53. The zero-order valence-electron chi connectivity index (χ0n) is 8.56. The van der Waals surface area contributed by atoms with Gasteiger partial charge in [0.2, 0.25) is 0 Å². The molecule has 2 rings (SSSR count). The van der Waals surface area contributed by atoms with Gasteiger partial charge in [0.15, 0.2) is 0 Å². The Morgan fingerprint density at radius 3 is 3.00 bits per heavy atom. The summed E-state index contributed by atoms with van der Waals surface area (Å²) in [5.74, 6) is 0. The highest BCUT2D eigenvalue weighted by molar-refractivity contribution is 4.88. The molecule has 14 heavy (non-hydrogen) atoms. The Morgan fingerprint density at radius 2 is 2.29 bits per heavy atom. The maximum absolute atomic E-state index is 10.3. The molecule has 2 atom stereocenters. The molecule has 4 heteroatoms. The predicted molar refractivity (Wildman–Crippen MR) is 52.8 cm³/mol. The summed E-state index contributed by atoms with van der Waals surface area (Å²) in [6.45, 7) is 1.91. The van der Waals surface area contributed by atoms with Crippen molar-refractivity contribution in [2.45, 2.75) is 50.7 Å². The Morgan fingerprint density at radius 1 is 1.43 bits per heavy atom. The van der Waals surface area contributed by atoms with Gasteiger partial charge in [-0.3, -0.25) is 0 Å². The summed E-state index contributed by atoms with van der Waals surface area (Å²) in [4.78, 5) is 3.93. The Labute approximate surface area is 84.0 Å². The highest BCUT2D eigenvalue weighted by Crippen LogP contribution is 2.34. The number of hydrogen-bond acceptors (Lipinski definition) is 3. The normalized spacial score (nSPS) is 34.0. The van der Waals surface area contributed by atoms with Gasteiger partial charge in [0.1, 0.15) is 12.7 Å². The van der Waals surface area contributed by atoms with Crippen LogP contribution in [0.3, 0.4) is 0 Å². The standard InChI is InChI=1S/C10H17N3O/c1-10(14)6-4-2-3-5-9(10)13-8-11-7-12-13/h7-9,14H,2-6H2,1H3. The van der Waals surface area contributed by atoms with Gasteiger partial charge in [0, 0.05) is 0 Å². The molecule has 1 fully saturated rings. The van der Waals surface area contributed by atoms with Crippen molar-refractivity contribution in [1.29, 1.82) is 0 Å². The molecule has 0 bridgehead atoms. The van der Waals surface area contributed by atoms with Gasteiger partial charge >= 0.3 is 0 Å². The van der Waals surface area contributed by atoms with E-state index in [9.17, 15) is 5.11 Å². The lowest BCUT2D eigenvalue weighted by Gasteiger charge is -2.30. The summed E-state index contributed by atoms with van der Waals surface area (Å²) in [7, 11) is 0. The fourth-order valence-electron chi connectivity index (χ4n) is 2.27. The molecule has 78 valence electrons. The van der Waals surface area contributed by atoms with Crippen LogP contribution in [-0.4, -0.2) is 25.5 Å². The van der Waals surface area contributed by atoms with Gasteiger partial charge in [-0.05, 0) is 19.8 Å². The third-order valence-corrected chi connectivity index (χ3v) is 3.13. The summed E-state index contributed by atoms with van der Waals surface area (Å²) in [5, 5.41) is 14.4. The van der Waals surface area contributed by atoms with Crippen molar-refractivity contribution in [3.63, 3.8) is 0 Å². The monoisotopic (exact) mass is 195 g/mol. The molecule has 4 nitrogen and oxygen atoms in total. The summed E-state index contributed by atoms with van der Waals surface area (Å²) >= 11 is 0. The fourth-order valence-corrected chi connectivity index (χ4v) is 2.27. The minimum atomic E-state index is -0.635. The van der Waals surface area contributed by atoms with E-state index in [-0.39, 0.29) is 6.04 Å². The maximum Gasteiger partial charge on any atom is 0.137 e. The molecule has 0 radical (unpaired) electrons. The van der Waals surface area contributed by atoms with E-state index < -0.39 is 5.60 Å². The second-order valence-corrected chi connectivity index (χ2v) is 4.35. The van der Waals surface area contributed by atoms with Crippen LogP contribution in [0.2, 0.25) is 0 Å². The molecule has 1 aliphatic carbocycles. The number of aliphatic hydroxyl groups is 1. The SMILES string of the molecule is CC1(O)CCCCCC1n1cncn1. The van der Waals surface area contributed by atoms with Gasteiger partial charge in [-0.15, -0.1) is 0 Å².